The van der Waals surface area contributed by atoms with Crippen LogP contribution in [0.2, 0.25) is 10.0 Å². The van der Waals surface area contributed by atoms with E-state index in [0.717, 1.165) is 0 Å². The van der Waals surface area contributed by atoms with E-state index in [1.807, 2.05) is 0 Å². The van der Waals surface area contributed by atoms with Crippen LogP contribution in [0.3, 0.4) is 0 Å². The number of amides is 1. The van der Waals surface area contributed by atoms with Crippen LogP contribution in [0.25, 0.3) is 0 Å². The standard InChI is InChI=1S/C17H14Cl2N2O5/c1-10(22)11-2-4-13(5-3-11)25-9-16(24)26-8-15(23)21-17-14(19)6-12(18)7-20-17/h2-7H,8-9H2,1H3,(H,20,21,23). The topological polar surface area (TPSA) is 94.6 Å². The summed E-state index contributed by atoms with van der Waals surface area (Å²) in [6, 6.07) is 7.71. The Morgan fingerprint density at radius 2 is 1.81 bits per heavy atom. The Morgan fingerprint density at radius 1 is 1.12 bits per heavy atom. The van der Waals surface area contributed by atoms with Gasteiger partial charge in [0.15, 0.2) is 24.8 Å². The van der Waals surface area contributed by atoms with Crippen molar-refractivity contribution in [2.45, 2.75) is 6.92 Å². The van der Waals surface area contributed by atoms with Crippen LogP contribution in [0, 0.1) is 0 Å². The Hall–Kier alpha value is -2.64. The number of benzene rings is 1. The van der Waals surface area contributed by atoms with Gasteiger partial charge in [-0.3, -0.25) is 9.59 Å². The number of hydrogen-bond acceptors (Lipinski definition) is 6. The van der Waals surface area contributed by atoms with Crippen molar-refractivity contribution < 1.29 is 23.9 Å². The van der Waals surface area contributed by atoms with Crippen molar-refractivity contribution in [2.75, 3.05) is 18.5 Å². The van der Waals surface area contributed by atoms with Crippen molar-refractivity contribution in [3.63, 3.8) is 0 Å². The molecule has 0 unspecified atom stereocenters. The summed E-state index contributed by atoms with van der Waals surface area (Å²) in [7, 11) is 0. The maximum Gasteiger partial charge on any atom is 0.344 e. The smallest absolute Gasteiger partial charge is 0.344 e. The second kappa shape index (κ2) is 9.17. The van der Waals surface area contributed by atoms with Gasteiger partial charge in [-0.1, -0.05) is 23.2 Å². The van der Waals surface area contributed by atoms with Gasteiger partial charge in [-0.05, 0) is 37.3 Å². The number of ketones is 1. The highest BCUT2D eigenvalue weighted by Gasteiger charge is 2.11. The number of esters is 1. The molecule has 0 saturated carbocycles. The van der Waals surface area contributed by atoms with Gasteiger partial charge in [0.2, 0.25) is 0 Å². The van der Waals surface area contributed by atoms with Crippen LogP contribution in [0.1, 0.15) is 17.3 Å². The summed E-state index contributed by atoms with van der Waals surface area (Å²) in [5, 5.41) is 2.88. The summed E-state index contributed by atoms with van der Waals surface area (Å²) in [4.78, 5) is 38.4. The van der Waals surface area contributed by atoms with E-state index in [-0.39, 0.29) is 23.2 Å². The number of Topliss-reactive ketones (excluding diaryl/α,β-unsaturated/α-hetero) is 1. The van der Waals surface area contributed by atoms with Crippen molar-refractivity contribution in [3.05, 3.63) is 52.1 Å². The lowest BCUT2D eigenvalue weighted by molar-refractivity contribution is -0.149. The minimum Gasteiger partial charge on any atom is -0.482 e. The molecule has 0 spiro atoms. The van der Waals surface area contributed by atoms with Gasteiger partial charge in [0.05, 0.1) is 10.0 Å². The third-order valence-electron chi connectivity index (χ3n) is 3.05. The van der Waals surface area contributed by atoms with E-state index >= 15 is 0 Å². The first-order chi connectivity index (χ1) is 12.3. The molecule has 0 bridgehead atoms. The third-order valence-corrected chi connectivity index (χ3v) is 3.54. The number of nitrogens with zero attached hydrogens (tertiary/aromatic N) is 1. The highest BCUT2D eigenvalue weighted by molar-refractivity contribution is 6.36. The van der Waals surface area contributed by atoms with Crippen molar-refractivity contribution in [1.29, 1.82) is 0 Å². The lowest BCUT2D eigenvalue weighted by Gasteiger charge is -2.08. The first-order valence-corrected chi connectivity index (χ1v) is 8.11. The summed E-state index contributed by atoms with van der Waals surface area (Å²) in [5.74, 6) is -0.906. The largest absolute Gasteiger partial charge is 0.482 e. The van der Waals surface area contributed by atoms with E-state index in [1.54, 1.807) is 24.3 Å². The normalized spacial score (nSPS) is 10.1. The molecule has 26 heavy (non-hydrogen) atoms. The van der Waals surface area contributed by atoms with Gasteiger partial charge in [-0.25, -0.2) is 9.78 Å². The summed E-state index contributed by atoms with van der Waals surface area (Å²) in [5.41, 5.74) is 0.533. The monoisotopic (exact) mass is 396 g/mol. The number of pyridine rings is 1. The highest BCUT2D eigenvalue weighted by atomic mass is 35.5. The number of aromatic nitrogens is 1. The van der Waals surface area contributed by atoms with Crippen LogP contribution >= 0.6 is 23.2 Å². The first kappa shape index (κ1) is 19.7. The predicted octanol–water partition coefficient (Wildman–Crippen LogP) is 3.15. The molecule has 2 aromatic rings. The third kappa shape index (κ3) is 6.02. The maximum atomic E-state index is 11.7. The minimum absolute atomic E-state index is 0.0720. The van der Waals surface area contributed by atoms with Crippen LogP contribution in [0.5, 0.6) is 5.75 Å². The average molecular weight is 397 g/mol. The number of carbonyl (C=O) groups is 3. The molecule has 0 aliphatic rings. The second-order valence-electron chi connectivity index (χ2n) is 5.06. The van der Waals surface area contributed by atoms with Gasteiger partial charge in [-0.2, -0.15) is 0 Å². The SMILES string of the molecule is CC(=O)c1ccc(OCC(=O)OCC(=O)Nc2ncc(Cl)cc2Cl)cc1. The molecule has 1 aromatic carbocycles. The molecule has 0 aliphatic heterocycles. The van der Waals surface area contributed by atoms with Gasteiger partial charge in [0.1, 0.15) is 5.75 Å². The lowest BCUT2D eigenvalue weighted by Crippen LogP contribution is -2.24. The fraction of sp³-hybridized carbons (Fsp3) is 0.176. The fourth-order valence-electron chi connectivity index (χ4n) is 1.79. The molecule has 0 radical (unpaired) electrons. The van der Waals surface area contributed by atoms with E-state index in [9.17, 15) is 14.4 Å². The predicted molar refractivity (Wildman–Crippen MR) is 95.8 cm³/mol. The number of ether oxygens (including phenoxy) is 2. The lowest BCUT2D eigenvalue weighted by atomic mass is 10.1. The number of hydrogen-bond donors (Lipinski definition) is 1. The zero-order valence-electron chi connectivity index (χ0n) is 13.6. The Balaban J connectivity index is 1.75. The molecule has 0 fully saturated rings. The Labute approximate surface area is 159 Å². The molecule has 0 saturated heterocycles. The van der Waals surface area contributed by atoms with E-state index in [4.69, 9.17) is 32.7 Å². The molecular weight excluding hydrogens is 383 g/mol. The van der Waals surface area contributed by atoms with Crippen LogP contribution in [-0.2, 0) is 14.3 Å². The Morgan fingerprint density at radius 3 is 2.42 bits per heavy atom. The van der Waals surface area contributed by atoms with Crippen LogP contribution in [-0.4, -0.2) is 35.9 Å². The number of rotatable bonds is 7. The van der Waals surface area contributed by atoms with Gasteiger partial charge < -0.3 is 14.8 Å². The van der Waals surface area contributed by atoms with Crippen molar-refractivity contribution in [1.82, 2.24) is 4.98 Å². The van der Waals surface area contributed by atoms with E-state index in [0.29, 0.717) is 16.3 Å². The fourth-order valence-corrected chi connectivity index (χ4v) is 2.22. The zero-order valence-corrected chi connectivity index (χ0v) is 15.1. The number of halogens is 2. The second-order valence-corrected chi connectivity index (χ2v) is 5.91. The Bertz CT molecular complexity index is 824. The molecule has 1 heterocycles. The van der Waals surface area contributed by atoms with E-state index in [1.165, 1.54) is 19.2 Å². The molecule has 9 heteroatoms. The van der Waals surface area contributed by atoms with Gasteiger partial charge >= 0.3 is 5.97 Å². The van der Waals surface area contributed by atoms with Crippen LogP contribution in [0.15, 0.2) is 36.5 Å². The number of carbonyl (C=O) groups excluding carboxylic acids is 3. The van der Waals surface area contributed by atoms with E-state index in [2.05, 4.69) is 10.3 Å². The molecule has 2 rings (SSSR count). The molecule has 1 aromatic heterocycles. The van der Waals surface area contributed by atoms with Crippen molar-refractivity contribution >= 4 is 46.7 Å². The summed E-state index contributed by atoms with van der Waals surface area (Å²) < 4.78 is 10.0. The summed E-state index contributed by atoms with van der Waals surface area (Å²) in [6.45, 7) is 0.545. The number of anilines is 1. The molecular formula is C17H14Cl2N2O5. The minimum atomic E-state index is -0.731. The Kier molecular flexibility index (Phi) is 6.94. The quantitative estimate of drug-likeness (QED) is 0.570. The molecule has 136 valence electrons. The highest BCUT2D eigenvalue weighted by Crippen LogP contribution is 2.22. The van der Waals surface area contributed by atoms with Crippen LogP contribution in [0.4, 0.5) is 5.82 Å². The molecule has 1 amide bonds. The van der Waals surface area contributed by atoms with Crippen molar-refractivity contribution in [3.8, 4) is 5.75 Å². The van der Waals surface area contributed by atoms with E-state index < -0.39 is 18.5 Å². The molecule has 0 aliphatic carbocycles. The maximum absolute atomic E-state index is 11.7. The molecule has 0 atom stereocenters. The molecule has 1 N–H and O–H groups in total. The first-order valence-electron chi connectivity index (χ1n) is 7.35. The van der Waals surface area contributed by atoms with Crippen molar-refractivity contribution in [2.24, 2.45) is 0 Å². The average Bonchev–Trinajstić information content (AvgIpc) is 2.61. The number of nitrogens with one attached hydrogen (secondary N) is 1. The van der Waals surface area contributed by atoms with Crippen LogP contribution < -0.4 is 10.1 Å². The zero-order chi connectivity index (χ0) is 19.1. The summed E-state index contributed by atoms with van der Waals surface area (Å²) >= 11 is 11.6. The summed E-state index contributed by atoms with van der Waals surface area (Å²) in [6.07, 6.45) is 1.32. The van der Waals surface area contributed by atoms with Gasteiger partial charge in [0, 0.05) is 11.8 Å². The van der Waals surface area contributed by atoms with Gasteiger partial charge in [0.25, 0.3) is 5.91 Å². The van der Waals surface area contributed by atoms with Gasteiger partial charge in [-0.15, -0.1) is 0 Å². The molecule has 7 nitrogen and oxygen atoms in total.